The molecular formula is C7H6Cl2F3N3. The Kier molecular flexibility index (Phi) is 3.75. The fourth-order valence-corrected chi connectivity index (χ4v) is 1.22. The Labute approximate surface area is 93.4 Å². The van der Waals surface area contributed by atoms with E-state index in [1.807, 2.05) is 0 Å². The van der Waals surface area contributed by atoms with Crippen LogP contribution in [0.15, 0.2) is 6.07 Å². The standard InChI is InChI=1S/C7H6Cl2F3N3/c8-5-2-3(6(9)15-14-5)1-4(13)7(10,11)12/h2,4H,1,13H2. The number of halogens is 5. The van der Waals surface area contributed by atoms with Crippen LogP contribution < -0.4 is 5.73 Å². The predicted octanol–water partition coefficient (Wildman–Crippen LogP) is 2.22. The van der Waals surface area contributed by atoms with Gasteiger partial charge in [0.05, 0.1) is 0 Å². The molecule has 1 aromatic heterocycles. The summed E-state index contributed by atoms with van der Waals surface area (Å²) in [5, 5.41) is 6.59. The molecule has 1 atom stereocenters. The summed E-state index contributed by atoms with van der Waals surface area (Å²) in [5.74, 6) is 0. The number of hydrogen-bond donors (Lipinski definition) is 1. The van der Waals surface area contributed by atoms with Gasteiger partial charge in [-0.25, -0.2) is 0 Å². The Hall–Kier alpha value is -0.590. The Bertz CT molecular complexity index is 356. The second-order valence-corrected chi connectivity index (χ2v) is 3.58. The summed E-state index contributed by atoms with van der Waals surface area (Å²) in [5.41, 5.74) is 5.05. The maximum absolute atomic E-state index is 12.1. The van der Waals surface area contributed by atoms with E-state index in [-0.39, 0.29) is 15.9 Å². The molecular weight excluding hydrogens is 254 g/mol. The van der Waals surface area contributed by atoms with Crippen molar-refractivity contribution >= 4 is 23.2 Å². The molecule has 1 unspecified atom stereocenters. The fraction of sp³-hybridized carbons (Fsp3) is 0.429. The monoisotopic (exact) mass is 259 g/mol. The number of nitrogens with zero attached hydrogens (tertiary/aromatic N) is 2. The molecule has 0 spiro atoms. The molecule has 8 heteroatoms. The van der Waals surface area contributed by atoms with Gasteiger partial charge in [-0.1, -0.05) is 23.2 Å². The highest BCUT2D eigenvalue weighted by molar-refractivity contribution is 6.31. The topological polar surface area (TPSA) is 51.8 Å². The van der Waals surface area contributed by atoms with E-state index in [0.29, 0.717) is 0 Å². The van der Waals surface area contributed by atoms with Crippen LogP contribution in [0.4, 0.5) is 13.2 Å². The van der Waals surface area contributed by atoms with Crippen LogP contribution in [-0.4, -0.2) is 22.4 Å². The van der Waals surface area contributed by atoms with E-state index in [1.54, 1.807) is 0 Å². The van der Waals surface area contributed by atoms with Crippen molar-refractivity contribution in [3.05, 3.63) is 21.9 Å². The van der Waals surface area contributed by atoms with Crippen LogP contribution in [0, 0.1) is 0 Å². The average molecular weight is 260 g/mol. The van der Waals surface area contributed by atoms with Crippen LogP contribution in [0.25, 0.3) is 0 Å². The van der Waals surface area contributed by atoms with Gasteiger partial charge >= 0.3 is 6.18 Å². The van der Waals surface area contributed by atoms with Crippen molar-refractivity contribution in [2.75, 3.05) is 0 Å². The zero-order valence-corrected chi connectivity index (χ0v) is 8.74. The third-order valence-corrected chi connectivity index (χ3v) is 2.15. The summed E-state index contributed by atoms with van der Waals surface area (Å²) in [6, 6.07) is -0.780. The Morgan fingerprint density at radius 2 is 1.93 bits per heavy atom. The van der Waals surface area contributed by atoms with Crippen LogP contribution in [-0.2, 0) is 6.42 Å². The van der Waals surface area contributed by atoms with Gasteiger partial charge in [0.2, 0.25) is 0 Å². The van der Waals surface area contributed by atoms with Gasteiger partial charge in [-0.2, -0.15) is 13.2 Å². The lowest BCUT2D eigenvalue weighted by Crippen LogP contribution is -2.39. The number of nitrogens with two attached hydrogens (primary N) is 1. The molecule has 0 saturated heterocycles. The summed E-state index contributed by atoms with van der Waals surface area (Å²) >= 11 is 11.0. The van der Waals surface area contributed by atoms with E-state index < -0.39 is 18.6 Å². The van der Waals surface area contributed by atoms with Crippen LogP contribution in [0.5, 0.6) is 0 Å². The van der Waals surface area contributed by atoms with E-state index in [0.717, 1.165) is 0 Å². The van der Waals surface area contributed by atoms with Crippen LogP contribution >= 0.6 is 23.2 Å². The highest BCUT2D eigenvalue weighted by Crippen LogP contribution is 2.24. The first kappa shape index (κ1) is 12.5. The van der Waals surface area contributed by atoms with Gasteiger partial charge in [-0.05, 0) is 18.1 Å². The van der Waals surface area contributed by atoms with E-state index in [9.17, 15) is 13.2 Å². The molecule has 15 heavy (non-hydrogen) atoms. The normalized spacial score (nSPS) is 14.0. The molecule has 1 heterocycles. The highest BCUT2D eigenvalue weighted by Gasteiger charge is 2.37. The quantitative estimate of drug-likeness (QED) is 0.886. The molecule has 1 rings (SSSR count). The summed E-state index contributed by atoms with van der Waals surface area (Å²) in [7, 11) is 0. The molecule has 0 aromatic carbocycles. The molecule has 0 bridgehead atoms. The molecule has 0 fully saturated rings. The maximum atomic E-state index is 12.1. The van der Waals surface area contributed by atoms with Gasteiger partial charge in [0, 0.05) is 0 Å². The maximum Gasteiger partial charge on any atom is 0.403 e. The largest absolute Gasteiger partial charge is 0.403 e. The molecule has 0 aliphatic carbocycles. The summed E-state index contributed by atoms with van der Waals surface area (Å²) in [6.07, 6.45) is -4.95. The van der Waals surface area contributed by atoms with E-state index >= 15 is 0 Å². The van der Waals surface area contributed by atoms with Gasteiger partial charge in [-0.3, -0.25) is 0 Å². The summed E-state index contributed by atoms with van der Waals surface area (Å²) < 4.78 is 36.4. The Balaban J connectivity index is 2.85. The molecule has 1 aromatic rings. The molecule has 0 amide bonds. The molecule has 0 aliphatic rings. The lowest BCUT2D eigenvalue weighted by Gasteiger charge is -2.15. The van der Waals surface area contributed by atoms with Crippen molar-refractivity contribution in [3.63, 3.8) is 0 Å². The second-order valence-electron chi connectivity index (χ2n) is 2.84. The minimum atomic E-state index is -4.47. The third-order valence-electron chi connectivity index (χ3n) is 1.65. The molecule has 0 aliphatic heterocycles. The number of aromatic nitrogens is 2. The highest BCUT2D eigenvalue weighted by atomic mass is 35.5. The van der Waals surface area contributed by atoms with Gasteiger partial charge < -0.3 is 5.73 Å². The first-order chi connectivity index (χ1) is 6.80. The molecule has 0 saturated carbocycles. The lowest BCUT2D eigenvalue weighted by atomic mass is 10.1. The van der Waals surface area contributed by atoms with Gasteiger partial charge in [0.25, 0.3) is 0 Å². The lowest BCUT2D eigenvalue weighted by molar-refractivity contribution is -0.147. The molecule has 84 valence electrons. The van der Waals surface area contributed by atoms with E-state index in [4.69, 9.17) is 28.9 Å². The van der Waals surface area contributed by atoms with E-state index in [2.05, 4.69) is 10.2 Å². The van der Waals surface area contributed by atoms with Crippen molar-refractivity contribution < 1.29 is 13.2 Å². The Morgan fingerprint density at radius 3 is 2.47 bits per heavy atom. The van der Waals surface area contributed by atoms with Crippen LogP contribution in [0.3, 0.4) is 0 Å². The zero-order chi connectivity index (χ0) is 11.6. The zero-order valence-electron chi connectivity index (χ0n) is 7.22. The summed E-state index contributed by atoms with van der Waals surface area (Å²) in [4.78, 5) is 0. The second kappa shape index (κ2) is 4.51. The van der Waals surface area contributed by atoms with Gasteiger partial charge in [0.15, 0.2) is 10.3 Å². The first-order valence-electron chi connectivity index (χ1n) is 3.80. The average Bonchev–Trinajstić information content (AvgIpc) is 2.09. The third kappa shape index (κ3) is 3.48. The molecule has 0 radical (unpaired) electrons. The summed E-state index contributed by atoms with van der Waals surface area (Å²) in [6.45, 7) is 0. The van der Waals surface area contributed by atoms with E-state index in [1.165, 1.54) is 6.07 Å². The predicted molar refractivity (Wildman–Crippen MR) is 49.8 cm³/mol. The first-order valence-corrected chi connectivity index (χ1v) is 4.56. The molecule has 3 nitrogen and oxygen atoms in total. The number of rotatable bonds is 2. The van der Waals surface area contributed by atoms with Crippen molar-refractivity contribution in [1.82, 2.24) is 10.2 Å². The van der Waals surface area contributed by atoms with Gasteiger partial charge in [-0.15, -0.1) is 10.2 Å². The van der Waals surface area contributed by atoms with Crippen molar-refractivity contribution in [1.29, 1.82) is 0 Å². The smallest absolute Gasteiger partial charge is 0.320 e. The van der Waals surface area contributed by atoms with Crippen LogP contribution in [0.2, 0.25) is 10.3 Å². The fourth-order valence-electron chi connectivity index (χ4n) is 0.884. The van der Waals surface area contributed by atoms with Gasteiger partial charge in [0.1, 0.15) is 6.04 Å². The van der Waals surface area contributed by atoms with Crippen LogP contribution in [0.1, 0.15) is 5.56 Å². The molecule has 2 N–H and O–H groups in total. The minimum Gasteiger partial charge on any atom is -0.320 e. The van der Waals surface area contributed by atoms with Crippen molar-refractivity contribution in [3.8, 4) is 0 Å². The SMILES string of the molecule is NC(Cc1cc(Cl)nnc1Cl)C(F)(F)F. The number of alkyl halides is 3. The minimum absolute atomic E-state index is 0.0243. The number of hydrogen-bond acceptors (Lipinski definition) is 3. The van der Waals surface area contributed by atoms with Crippen molar-refractivity contribution in [2.45, 2.75) is 18.6 Å². The van der Waals surface area contributed by atoms with Crippen molar-refractivity contribution in [2.24, 2.45) is 5.73 Å². The Morgan fingerprint density at radius 1 is 1.33 bits per heavy atom.